The molecule has 1 amide bonds. The van der Waals surface area contributed by atoms with Gasteiger partial charge in [-0.2, -0.15) is 9.40 Å². The van der Waals surface area contributed by atoms with Crippen LogP contribution in [-0.2, 0) is 21.2 Å². The molecule has 10 heteroatoms. The highest BCUT2D eigenvalue weighted by molar-refractivity contribution is 7.91. The molecule has 3 aromatic rings. The summed E-state index contributed by atoms with van der Waals surface area (Å²) in [7, 11) is -1.78. The number of carbonyl (C=O) groups is 1. The molecule has 4 rings (SSSR count). The fraction of sp³-hybridized carbons (Fsp3) is 0.391. The molecule has 0 aliphatic carbocycles. The van der Waals surface area contributed by atoms with Gasteiger partial charge in [0.05, 0.1) is 11.6 Å². The fourth-order valence-corrected chi connectivity index (χ4v) is 6.78. The summed E-state index contributed by atoms with van der Waals surface area (Å²) < 4.78 is 40.8. The summed E-state index contributed by atoms with van der Waals surface area (Å²) in [6.07, 6.45) is 2.80. The van der Waals surface area contributed by atoms with E-state index < -0.39 is 10.0 Å². The molecule has 2 aromatic heterocycles. The molecule has 0 saturated carbocycles. The first-order chi connectivity index (χ1) is 15.8. The highest BCUT2D eigenvalue weighted by Gasteiger charge is 2.34. The number of H-pyrrole nitrogens is 1. The lowest BCUT2D eigenvalue weighted by atomic mass is 9.98. The second kappa shape index (κ2) is 10.1. The van der Waals surface area contributed by atoms with E-state index in [9.17, 15) is 17.6 Å². The number of aryl methyl sites for hydroxylation is 1. The number of aromatic amines is 1. The van der Waals surface area contributed by atoms with Crippen molar-refractivity contribution in [3.05, 3.63) is 59.4 Å². The average Bonchev–Trinajstić information content (AvgIpc) is 3.51. The van der Waals surface area contributed by atoms with Crippen molar-refractivity contribution < 1.29 is 17.6 Å². The van der Waals surface area contributed by atoms with E-state index in [4.69, 9.17) is 0 Å². The molecule has 7 nitrogen and oxygen atoms in total. The smallest absolute Gasteiger partial charge is 0.252 e. The minimum Gasteiger partial charge on any atom is -0.345 e. The SMILES string of the molecule is CN(CCCc1cc(-c2cccc(F)c2)n[nH]1)C(=O)C1CCCN(S(=O)(=O)c2cccs2)C1. The topological polar surface area (TPSA) is 86.4 Å². The van der Waals surface area contributed by atoms with Crippen molar-refractivity contribution in [2.75, 3.05) is 26.7 Å². The van der Waals surface area contributed by atoms with E-state index in [-0.39, 0.29) is 24.2 Å². The monoisotopic (exact) mass is 490 g/mol. The number of hydrogen-bond acceptors (Lipinski definition) is 5. The minimum atomic E-state index is -3.54. The lowest BCUT2D eigenvalue weighted by molar-refractivity contribution is -0.135. The Balaban J connectivity index is 1.29. The average molecular weight is 491 g/mol. The van der Waals surface area contributed by atoms with Crippen molar-refractivity contribution in [1.29, 1.82) is 0 Å². The van der Waals surface area contributed by atoms with Crippen LogP contribution in [0.25, 0.3) is 11.3 Å². The molecule has 1 aliphatic rings. The van der Waals surface area contributed by atoms with Gasteiger partial charge in [-0.05, 0) is 55.3 Å². The maximum atomic E-state index is 13.4. The van der Waals surface area contributed by atoms with Crippen LogP contribution < -0.4 is 0 Å². The number of amides is 1. The molecule has 3 heterocycles. The second-order valence-corrected chi connectivity index (χ2v) is 11.4. The zero-order valence-corrected chi connectivity index (χ0v) is 20.0. The number of carbonyl (C=O) groups excluding carboxylic acids is 1. The van der Waals surface area contributed by atoms with Crippen LogP contribution in [0.5, 0.6) is 0 Å². The van der Waals surface area contributed by atoms with Crippen molar-refractivity contribution in [2.45, 2.75) is 29.9 Å². The van der Waals surface area contributed by atoms with Crippen LogP contribution in [0.3, 0.4) is 0 Å². The Hall–Kier alpha value is -2.56. The molecule has 0 spiro atoms. The van der Waals surface area contributed by atoms with Crippen molar-refractivity contribution in [1.82, 2.24) is 19.4 Å². The molecule has 33 heavy (non-hydrogen) atoms. The first-order valence-electron chi connectivity index (χ1n) is 10.9. The summed E-state index contributed by atoms with van der Waals surface area (Å²) >= 11 is 1.20. The molecule has 0 radical (unpaired) electrons. The third kappa shape index (κ3) is 5.51. The zero-order chi connectivity index (χ0) is 23.4. The van der Waals surface area contributed by atoms with Gasteiger partial charge in [0, 0.05) is 37.9 Å². The molecule has 1 atom stereocenters. The first kappa shape index (κ1) is 23.6. The molecule has 1 fully saturated rings. The van der Waals surface area contributed by atoms with E-state index in [2.05, 4.69) is 10.2 Å². The third-order valence-electron chi connectivity index (χ3n) is 5.89. The van der Waals surface area contributed by atoms with Crippen LogP contribution in [0, 0.1) is 11.7 Å². The molecule has 1 saturated heterocycles. The number of piperidine rings is 1. The molecular weight excluding hydrogens is 463 g/mol. The quantitative estimate of drug-likeness (QED) is 0.521. The van der Waals surface area contributed by atoms with Crippen molar-refractivity contribution >= 4 is 27.3 Å². The van der Waals surface area contributed by atoms with E-state index >= 15 is 0 Å². The number of benzene rings is 1. The maximum Gasteiger partial charge on any atom is 0.252 e. The van der Waals surface area contributed by atoms with E-state index in [1.54, 1.807) is 35.5 Å². The summed E-state index contributed by atoms with van der Waals surface area (Å²) in [4.78, 5) is 14.7. The Bertz CT molecular complexity index is 1190. The van der Waals surface area contributed by atoms with Gasteiger partial charge in [0.25, 0.3) is 10.0 Å². The van der Waals surface area contributed by atoms with E-state index in [1.807, 2.05) is 12.1 Å². The largest absolute Gasteiger partial charge is 0.345 e. The van der Waals surface area contributed by atoms with Gasteiger partial charge in [-0.15, -0.1) is 11.3 Å². The summed E-state index contributed by atoms with van der Waals surface area (Å²) in [6, 6.07) is 11.5. The Morgan fingerprint density at radius 1 is 1.30 bits per heavy atom. The van der Waals surface area contributed by atoms with Gasteiger partial charge in [-0.3, -0.25) is 9.89 Å². The number of nitrogens with zero attached hydrogens (tertiary/aromatic N) is 3. The van der Waals surface area contributed by atoms with Gasteiger partial charge in [-0.1, -0.05) is 18.2 Å². The standard InChI is InChI=1S/C23H27FN4O3S2/c1-27(11-4-9-20-15-21(26-25-20)17-6-2-8-19(24)14-17)23(29)18-7-3-12-28(16-18)33(30,31)22-10-5-13-32-22/h2,5-6,8,10,13-15,18H,3-4,7,9,11-12,16H2,1H3,(H,25,26). The summed E-state index contributed by atoms with van der Waals surface area (Å²) in [5, 5.41) is 8.97. The highest BCUT2D eigenvalue weighted by atomic mass is 32.2. The molecule has 1 N–H and O–H groups in total. The Morgan fingerprint density at radius 2 is 2.15 bits per heavy atom. The van der Waals surface area contributed by atoms with Crippen molar-refractivity contribution in [3.8, 4) is 11.3 Å². The number of thiophene rings is 1. The predicted molar refractivity (Wildman–Crippen MR) is 126 cm³/mol. The lowest BCUT2D eigenvalue weighted by Crippen LogP contribution is -2.45. The predicted octanol–water partition coefficient (Wildman–Crippen LogP) is 3.77. The van der Waals surface area contributed by atoms with E-state index in [0.717, 1.165) is 12.1 Å². The normalized spacial score (nSPS) is 17.2. The Labute approximate surface area is 197 Å². The minimum absolute atomic E-state index is 0.0221. The number of nitrogens with one attached hydrogen (secondary N) is 1. The third-order valence-corrected chi connectivity index (χ3v) is 9.13. The highest BCUT2D eigenvalue weighted by Crippen LogP contribution is 2.27. The van der Waals surface area contributed by atoms with Crippen molar-refractivity contribution in [3.63, 3.8) is 0 Å². The van der Waals surface area contributed by atoms with Crippen LogP contribution in [0.15, 0.2) is 52.1 Å². The number of aromatic nitrogens is 2. The number of hydrogen-bond donors (Lipinski definition) is 1. The summed E-state index contributed by atoms with van der Waals surface area (Å²) in [5.41, 5.74) is 2.31. The molecule has 1 unspecified atom stereocenters. The molecule has 1 aliphatic heterocycles. The van der Waals surface area contributed by atoms with Gasteiger partial charge in [0.15, 0.2) is 0 Å². The second-order valence-electron chi connectivity index (χ2n) is 8.29. The van der Waals surface area contributed by atoms with E-state index in [1.165, 1.54) is 27.8 Å². The van der Waals surface area contributed by atoms with Gasteiger partial charge >= 0.3 is 0 Å². The summed E-state index contributed by atoms with van der Waals surface area (Å²) in [6.45, 7) is 1.23. The number of sulfonamides is 1. The van der Waals surface area contributed by atoms with Gasteiger partial charge < -0.3 is 4.90 Å². The Kier molecular flexibility index (Phi) is 7.26. The van der Waals surface area contributed by atoms with Gasteiger partial charge in [0.2, 0.25) is 5.91 Å². The van der Waals surface area contributed by atoms with Crippen LogP contribution in [0.4, 0.5) is 4.39 Å². The van der Waals surface area contributed by atoms with Crippen molar-refractivity contribution in [2.24, 2.45) is 5.92 Å². The van der Waals surface area contributed by atoms with Crippen LogP contribution in [-0.4, -0.2) is 60.4 Å². The molecule has 0 bridgehead atoms. The van der Waals surface area contributed by atoms with E-state index in [0.29, 0.717) is 47.8 Å². The molecular formula is C23H27FN4O3S2. The van der Waals surface area contributed by atoms with Crippen LogP contribution in [0.2, 0.25) is 0 Å². The Morgan fingerprint density at radius 3 is 2.91 bits per heavy atom. The molecule has 1 aromatic carbocycles. The number of rotatable bonds is 8. The lowest BCUT2D eigenvalue weighted by Gasteiger charge is -2.33. The fourth-order valence-electron chi connectivity index (χ4n) is 4.11. The maximum absolute atomic E-state index is 13.4. The first-order valence-corrected chi connectivity index (χ1v) is 13.3. The van der Waals surface area contributed by atoms with Crippen LogP contribution in [0.1, 0.15) is 25.0 Å². The van der Waals surface area contributed by atoms with Crippen LogP contribution >= 0.6 is 11.3 Å². The van der Waals surface area contributed by atoms with Gasteiger partial charge in [0.1, 0.15) is 10.0 Å². The summed E-state index contributed by atoms with van der Waals surface area (Å²) in [5.74, 6) is -0.655. The zero-order valence-electron chi connectivity index (χ0n) is 18.4. The van der Waals surface area contributed by atoms with Gasteiger partial charge in [-0.25, -0.2) is 12.8 Å². The number of halogens is 1. The molecule has 176 valence electrons.